The number of benzene rings is 1. The molecule has 1 aliphatic rings. The van der Waals surface area contributed by atoms with Crippen LogP contribution in [0.1, 0.15) is 46.1 Å². The van der Waals surface area contributed by atoms with Gasteiger partial charge in [-0.2, -0.15) is 0 Å². The summed E-state index contributed by atoms with van der Waals surface area (Å²) in [6.45, 7) is 13.6. The summed E-state index contributed by atoms with van der Waals surface area (Å²) in [5, 5.41) is 3.42. The number of aliphatic imine (C=N–C) groups is 1. The molecule has 26 heavy (non-hydrogen) atoms. The molecule has 0 spiro atoms. The molecule has 1 aromatic carbocycles. The molecule has 0 unspecified atom stereocenters. The molecule has 146 valence electrons. The van der Waals surface area contributed by atoms with Gasteiger partial charge >= 0.3 is 0 Å². The number of nitrogens with zero attached hydrogens (tertiary/aromatic N) is 2. The highest BCUT2D eigenvalue weighted by Crippen LogP contribution is 2.16. The average Bonchev–Trinajstić information content (AvgIpc) is 2.65. The van der Waals surface area contributed by atoms with Crippen molar-refractivity contribution in [3.8, 4) is 5.75 Å². The van der Waals surface area contributed by atoms with Crippen LogP contribution in [-0.2, 0) is 11.3 Å². The van der Waals surface area contributed by atoms with E-state index in [1.807, 2.05) is 12.1 Å². The minimum atomic E-state index is 0.400. The number of nitrogens with one attached hydrogen (secondary N) is 1. The molecule has 5 nitrogen and oxygen atoms in total. The fourth-order valence-electron chi connectivity index (χ4n) is 3.02. The fraction of sp³-hybridized carbons (Fsp3) is 0.667. The third kappa shape index (κ3) is 6.87. The number of hydrogen-bond acceptors (Lipinski definition) is 3. The first kappa shape index (κ1) is 20.6. The lowest BCUT2D eigenvalue weighted by molar-refractivity contribution is 0.0263. The standard InChI is InChI=1S/C21H35N3O2/c1-5-22-21(24-13-11-20(12-14-24)25-6-2)23-15-18-7-9-19(10-8-18)26-16-17(3)4/h7-10,17,20H,5-6,11-16H2,1-4H3,(H,22,23). The number of rotatable bonds is 8. The van der Waals surface area contributed by atoms with Crippen molar-refractivity contribution in [1.82, 2.24) is 10.2 Å². The summed E-state index contributed by atoms with van der Waals surface area (Å²) >= 11 is 0. The van der Waals surface area contributed by atoms with Crippen molar-refractivity contribution >= 4 is 5.96 Å². The molecule has 0 bridgehead atoms. The van der Waals surface area contributed by atoms with E-state index in [4.69, 9.17) is 14.5 Å². The molecule has 1 heterocycles. The highest BCUT2D eigenvalue weighted by molar-refractivity contribution is 5.80. The Morgan fingerprint density at radius 1 is 1.19 bits per heavy atom. The summed E-state index contributed by atoms with van der Waals surface area (Å²) in [5.74, 6) is 2.47. The van der Waals surface area contributed by atoms with Gasteiger partial charge in [0.25, 0.3) is 0 Å². The molecule has 0 aliphatic carbocycles. The van der Waals surface area contributed by atoms with Gasteiger partial charge in [0.1, 0.15) is 5.75 Å². The average molecular weight is 362 g/mol. The van der Waals surface area contributed by atoms with E-state index in [9.17, 15) is 0 Å². The number of guanidine groups is 1. The highest BCUT2D eigenvalue weighted by atomic mass is 16.5. The van der Waals surface area contributed by atoms with Crippen LogP contribution in [-0.4, -0.2) is 49.8 Å². The lowest BCUT2D eigenvalue weighted by Gasteiger charge is -2.34. The van der Waals surface area contributed by atoms with E-state index in [1.165, 1.54) is 5.56 Å². The molecule has 0 amide bonds. The summed E-state index contributed by atoms with van der Waals surface area (Å²) in [6, 6.07) is 8.27. The van der Waals surface area contributed by atoms with Crippen LogP contribution < -0.4 is 10.1 Å². The second-order valence-electron chi connectivity index (χ2n) is 7.16. The van der Waals surface area contributed by atoms with E-state index in [0.717, 1.165) is 57.4 Å². The maximum atomic E-state index is 5.75. The number of hydrogen-bond donors (Lipinski definition) is 1. The molecular formula is C21H35N3O2. The molecule has 1 fully saturated rings. The molecular weight excluding hydrogens is 326 g/mol. The normalized spacial score (nSPS) is 16.2. The first-order valence-electron chi connectivity index (χ1n) is 9.99. The van der Waals surface area contributed by atoms with Crippen LogP contribution in [0.2, 0.25) is 0 Å². The smallest absolute Gasteiger partial charge is 0.194 e. The van der Waals surface area contributed by atoms with Gasteiger partial charge in [0.2, 0.25) is 0 Å². The molecule has 0 saturated carbocycles. The summed E-state index contributed by atoms with van der Waals surface area (Å²) in [4.78, 5) is 7.18. The molecule has 2 rings (SSSR count). The Bertz CT molecular complexity index is 535. The van der Waals surface area contributed by atoms with Crippen molar-refractivity contribution in [3.05, 3.63) is 29.8 Å². The third-order valence-corrected chi connectivity index (χ3v) is 4.40. The molecule has 0 radical (unpaired) electrons. The van der Waals surface area contributed by atoms with E-state index >= 15 is 0 Å². The van der Waals surface area contributed by atoms with Crippen LogP contribution in [0.15, 0.2) is 29.3 Å². The Balaban J connectivity index is 1.90. The summed E-state index contributed by atoms with van der Waals surface area (Å²) in [7, 11) is 0. The van der Waals surface area contributed by atoms with Gasteiger partial charge in [-0.25, -0.2) is 4.99 Å². The van der Waals surface area contributed by atoms with Crippen LogP contribution in [0.25, 0.3) is 0 Å². The van der Waals surface area contributed by atoms with Gasteiger partial charge in [-0.1, -0.05) is 26.0 Å². The molecule has 0 aromatic heterocycles. The SMILES string of the molecule is CCNC(=NCc1ccc(OCC(C)C)cc1)N1CCC(OCC)CC1. The molecule has 1 saturated heterocycles. The Kier molecular flexibility index (Phi) is 8.75. The van der Waals surface area contributed by atoms with E-state index in [0.29, 0.717) is 18.6 Å². The van der Waals surface area contributed by atoms with Crippen LogP contribution in [0, 0.1) is 5.92 Å². The number of piperidine rings is 1. The quantitative estimate of drug-likeness (QED) is 0.567. The topological polar surface area (TPSA) is 46.1 Å². The van der Waals surface area contributed by atoms with Gasteiger partial charge < -0.3 is 19.7 Å². The van der Waals surface area contributed by atoms with Crippen molar-refractivity contribution < 1.29 is 9.47 Å². The van der Waals surface area contributed by atoms with Crippen molar-refractivity contribution in [2.75, 3.05) is 32.8 Å². The fourth-order valence-corrected chi connectivity index (χ4v) is 3.02. The largest absolute Gasteiger partial charge is 0.493 e. The van der Waals surface area contributed by atoms with Gasteiger partial charge in [-0.3, -0.25) is 0 Å². The summed E-state index contributed by atoms with van der Waals surface area (Å²) < 4.78 is 11.5. The van der Waals surface area contributed by atoms with Crippen molar-refractivity contribution in [1.29, 1.82) is 0 Å². The zero-order valence-electron chi connectivity index (χ0n) is 16.8. The summed E-state index contributed by atoms with van der Waals surface area (Å²) in [6.07, 6.45) is 2.54. The van der Waals surface area contributed by atoms with Crippen LogP contribution in [0.4, 0.5) is 0 Å². The lowest BCUT2D eigenvalue weighted by atomic mass is 10.1. The van der Waals surface area contributed by atoms with E-state index < -0.39 is 0 Å². The van der Waals surface area contributed by atoms with Gasteiger partial charge in [-0.15, -0.1) is 0 Å². The van der Waals surface area contributed by atoms with Crippen LogP contribution >= 0.6 is 0 Å². The van der Waals surface area contributed by atoms with Crippen LogP contribution in [0.5, 0.6) is 5.75 Å². The van der Waals surface area contributed by atoms with Crippen LogP contribution in [0.3, 0.4) is 0 Å². The zero-order valence-corrected chi connectivity index (χ0v) is 16.8. The molecule has 0 atom stereocenters. The van der Waals surface area contributed by atoms with E-state index in [-0.39, 0.29) is 0 Å². The summed E-state index contributed by atoms with van der Waals surface area (Å²) in [5.41, 5.74) is 1.20. The minimum Gasteiger partial charge on any atom is -0.493 e. The first-order valence-corrected chi connectivity index (χ1v) is 9.99. The predicted octanol–water partition coefficient (Wildman–Crippen LogP) is 3.69. The predicted molar refractivity (Wildman–Crippen MR) is 108 cm³/mol. The monoisotopic (exact) mass is 361 g/mol. The third-order valence-electron chi connectivity index (χ3n) is 4.40. The zero-order chi connectivity index (χ0) is 18.8. The highest BCUT2D eigenvalue weighted by Gasteiger charge is 2.21. The lowest BCUT2D eigenvalue weighted by Crippen LogP contribution is -2.47. The van der Waals surface area contributed by atoms with Crippen molar-refractivity contribution in [2.24, 2.45) is 10.9 Å². The second kappa shape index (κ2) is 11.1. The Morgan fingerprint density at radius 2 is 1.88 bits per heavy atom. The minimum absolute atomic E-state index is 0.400. The second-order valence-corrected chi connectivity index (χ2v) is 7.16. The maximum Gasteiger partial charge on any atom is 0.194 e. The van der Waals surface area contributed by atoms with Gasteiger partial charge in [0, 0.05) is 26.2 Å². The van der Waals surface area contributed by atoms with Gasteiger partial charge in [-0.05, 0) is 50.3 Å². The van der Waals surface area contributed by atoms with E-state index in [2.05, 4.69) is 50.0 Å². The Morgan fingerprint density at radius 3 is 2.46 bits per heavy atom. The number of likely N-dealkylation sites (tertiary alicyclic amines) is 1. The Hall–Kier alpha value is -1.75. The van der Waals surface area contributed by atoms with Crippen molar-refractivity contribution in [3.63, 3.8) is 0 Å². The van der Waals surface area contributed by atoms with Crippen molar-refractivity contribution in [2.45, 2.75) is 53.2 Å². The molecule has 5 heteroatoms. The number of ether oxygens (including phenoxy) is 2. The van der Waals surface area contributed by atoms with Gasteiger partial charge in [0.15, 0.2) is 5.96 Å². The molecule has 1 aliphatic heterocycles. The molecule has 1 aromatic rings. The maximum absolute atomic E-state index is 5.75. The molecule has 1 N–H and O–H groups in total. The first-order chi connectivity index (χ1) is 12.6. The van der Waals surface area contributed by atoms with E-state index in [1.54, 1.807) is 0 Å². The Labute approximate surface area is 158 Å². The van der Waals surface area contributed by atoms with Gasteiger partial charge in [0.05, 0.1) is 19.3 Å².